The lowest BCUT2D eigenvalue weighted by Gasteiger charge is -2.08. The van der Waals surface area contributed by atoms with Crippen molar-refractivity contribution in [3.63, 3.8) is 0 Å². The van der Waals surface area contributed by atoms with Gasteiger partial charge in [-0.05, 0) is 23.6 Å². The number of aromatic nitrogens is 2. The Hall–Kier alpha value is -2.42. The Balaban J connectivity index is 2.09. The molecule has 1 heterocycles. The molecule has 2 aromatic carbocycles. The van der Waals surface area contributed by atoms with Crippen molar-refractivity contribution in [2.24, 2.45) is 0 Å². The molecule has 0 aliphatic heterocycles. The largest absolute Gasteiger partial charge is 0.274 e. The van der Waals surface area contributed by atoms with Crippen molar-refractivity contribution in [3.05, 3.63) is 52.8 Å². The molecule has 0 fully saturated rings. The first kappa shape index (κ1) is 12.3. The van der Waals surface area contributed by atoms with Crippen molar-refractivity contribution in [2.75, 3.05) is 0 Å². The van der Waals surface area contributed by atoms with Crippen molar-refractivity contribution in [3.8, 4) is 22.4 Å². The van der Waals surface area contributed by atoms with Gasteiger partial charge in [-0.2, -0.15) is 5.10 Å². The number of unbranched alkanes of at least 4 members (excludes halogenated alkanes) is 1. The Labute approximate surface area is 122 Å². The molecule has 0 spiro atoms. The third-order valence-corrected chi connectivity index (χ3v) is 4.18. The van der Waals surface area contributed by atoms with E-state index in [1.54, 1.807) is 4.68 Å². The fourth-order valence-corrected chi connectivity index (χ4v) is 3.14. The average molecular weight is 276 g/mol. The first-order chi connectivity index (χ1) is 10.3. The Bertz CT molecular complexity index is 909. The van der Waals surface area contributed by atoms with Gasteiger partial charge in [0.25, 0.3) is 5.56 Å². The predicted molar refractivity (Wildman–Crippen MR) is 85.3 cm³/mol. The molecule has 104 valence electrons. The van der Waals surface area contributed by atoms with Gasteiger partial charge in [-0.1, -0.05) is 49.7 Å². The Morgan fingerprint density at radius 1 is 1.00 bits per heavy atom. The molecule has 0 radical (unpaired) electrons. The van der Waals surface area contributed by atoms with Gasteiger partial charge in [0.15, 0.2) is 0 Å². The fourth-order valence-electron chi connectivity index (χ4n) is 3.14. The molecule has 0 saturated carbocycles. The summed E-state index contributed by atoms with van der Waals surface area (Å²) in [5.41, 5.74) is 4.42. The average Bonchev–Trinajstić information content (AvgIpc) is 2.85. The van der Waals surface area contributed by atoms with Gasteiger partial charge < -0.3 is 0 Å². The summed E-state index contributed by atoms with van der Waals surface area (Å²) in [4.78, 5) is 12.6. The van der Waals surface area contributed by atoms with E-state index >= 15 is 0 Å². The lowest BCUT2D eigenvalue weighted by molar-refractivity contribution is 0.550. The van der Waals surface area contributed by atoms with E-state index in [0.29, 0.717) is 6.54 Å². The topological polar surface area (TPSA) is 34.9 Å². The minimum absolute atomic E-state index is 0.0249. The molecule has 0 unspecified atom stereocenters. The van der Waals surface area contributed by atoms with Gasteiger partial charge in [0.2, 0.25) is 0 Å². The molecule has 0 atom stereocenters. The summed E-state index contributed by atoms with van der Waals surface area (Å²) in [5, 5.41) is 6.45. The van der Waals surface area contributed by atoms with Gasteiger partial charge in [-0.3, -0.25) is 4.79 Å². The summed E-state index contributed by atoms with van der Waals surface area (Å²) in [6, 6.07) is 14.2. The summed E-state index contributed by atoms with van der Waals surface area (Å²) in [6.07, 6.45) is 2.03. The van der Waals surface area contributed by atoms with E-state index in [0.717, 1.165) is 40.4 Å². The second kappa shape index (κ2) is 4.55. The third-order valence-electron chi connectivity index (χ3n) is 4.18. The molecule has 3 nitrogen and oxygen atoms in total. The van der Waals surface area contributed by atoms with E-state index in [1.807, 2.05) is 24.3 Å². The standard InChI is InChI=1S/C18H16N2O/c1-2-3-11-20-18(21)15-10-6-9-13-12-7-4-5-8-14(12)17(19-20)16(13)15/h4-10H,2-3,11H2,1H3. The van der Waals surface area contributed by atoms with Crippen molar-refractivity contribution in [2.45, 2.75) is 26.3 Å². The number of benzene rings is 2. The van der Waals surface area contributed by atoms with E-state index in [-0.39, 0.29) is 5.56 Å². The van der Waals surface area contributed by atoms with Gasteiger partial charge in [0, 0.05) is 17.5 Å². The molecular weight excluding hydrogens is 260 g/mol. The van der Waals surface area contributed by atoms with Crippen LogP contribution in [0.15, 0.2) is 47.3 Å². The first-order valence-electron chi connectivity index (χ1n) is 7.45. The quantitative estimate of drug-likeness (QED) is 0.570. The first-order valence-corrected chi connectivity index (χ1v) is 7.45. The van der Waals surface area contributed by atoms with Crippen molar-refractivity contribution in [1.82, 2.24) is 9.78 Å². The second-order valence-corrected chi connectivity index (χ2v) is 5.50. The monoisotopic (exact) mass is 276 g/mol. The van der Waals surface area contributed by atoms with Crippen LogP contribution < -0.4 is 5.56 Å². The highest BCUT2D eigenvalue weighted by Crippen LogP contribution is 2.44. The smallest absolute Gasteiger partial charge is 0.267 e. The van der Waals surface area contributed by atoms with Crippen molar-refractivity contribution in [1.29, 1.82) is 0 Å². The summed E-state index contributed by atoms with van der Waals surface area (Å²) >= 11 is 0. The highest BCUT2D eigenvalue weighted by molar-refractivity contribution is 6.13. The molecule has 0 saturated heterocycles. The van der Waals surface area contributed by atoms with E-state index in [4.69, 9.17) is 0 Å². The van der Waals surface area contributed by atoms with Crippen LogP contribution in [0.4, 0.5) is 0 Å². The summed E-state index contributed by atoms with van der Waals surface area (Å²) in [5.74, 6) is 0. The minimum Gasteiger partial charge on any atom is -0.267 e. The van der Waals surface area contributed by atoms with Gasteiger partial charge in [-0.25, -0.2) is 4.68 Å². The molecule has 1 aromatic heterocycles. The summed E-state index contributed by atoms with van der Waals surface area (Å²) in [7, 11) is 0. The molecule has 3 heteroatoms. The number of fused-ring (bicyclic) bond motifs is 3. The van der Waals surface area contributed by atoms with E-state index in [9.17, 15) is 4.79 Å². The second-order valence-electron chi connectivity index (χ2n) is 5.50. The van der Waals surface area contributed by atoms with Crippen molar-refractivity contribution >= 4 is 10.8 Å². The number of nitrogens with zero attached hydrogens (tertiary/aromatic N) is 2. The maximum absolute atomic E-state index is 12.6. The zero-order valence-electron chi connectivity index (χ0n) is 12.0. The number of hydrogen-bond donors (Lipinski definition) is 0. The minimum atomic E-state index is 0.0249. The molecule has 1 aliphatic carbocycles. The molecule has 21 heavy (non-hydrogen) atoms. The van der Waals surface area contributed by atoms with Crippen LogP contribution in [0.2, 0.25) is 0 Å². The zero-order chi connectivity index (χ0) is 14.4. The van der Waals surface area contributed by atoms with Crippen LogP contribution in [-0.4, -0.2) is 9.78 Å². The molecule has 4 rings (SSSR count). The maximum Gasteiger partial charge on any atom is 0.274 e. The van der Waals surface area contributed by atoms with Crippen LogP contribution in [-0.2, 0) is 6.54 Å². The molecule has 0 amide bonds. The molecule has 1 aliphatic rings. The van der Waals surface area contributed by atoms with Crippen LogP contribution in [0.3, 0.4) is 0 Å². The molecule has 3 aromatic rings. The van der Waals surface area contributed by atoms with Gasteiger partial charge in [-0.15, -0.1) is 0 Å². The zero-order valence-corrected chi connectivity index (χ0v) is 12.0. The predicted octanol–water partition coefficient (Wildman–Crippen LogP) is 3.84. The lowest BCUT2D eigenvalue weighted by atomic mass is 10.0. The van der Waals surface area contributed by atoms with Crippen LogP contribution in [0.25, 0.3) is 33.2 Å². The van der Waals surface area contributed by atoms with Crippen LogP contribution >= 0.6 is 0 Å². The Morgan fingerprint density at radius 3 is 2.57 bits per heavy atom. The lowest BCUT2D eigenvalue weighted by Crippen LogP contribution is -2.23. The van der Waals surface area contributed by atoms with Crippen molar-refractivity contribution < 1.29 is 0 Å². The highest BCUT2D eigenvalue weighted by atomic mass is 16.1. The Morgan fingerprint density at radius 2 is 1.76 bits per heavy atom. The number of aryl methyl sites for hydroxylation is 1. The SMILES string of the molecule is CCCCn1nc2c3c(cccc3c1=O)-c1ccccc1-2. The molecular formula is C18H16N2O. The van der Waals surface area contributed by atoms with Gasteiger partial charge in [0.05, 0.1) is 5.39 Å². The Kier molecular flexibility index (Phi) is 2.67. The summed E-state index contributed by atoms with van der Waals surface area (Å²) in [6.45, 7) is 2.81. The highest BCUT2D eigenvalue weighted by Gasteiger charge is 2.24. The maximum atomic E-state index is 12.6. The summed E-state index contributed by atoms with van der Waals surface area (Å²) < 4.78 is 1.63. The number of hydrogen-bond acceptors (Lipinski definition) is 2. The van der Waals surface area contributed by atoms with E-state index in [1.165, 1.54) is 5.56 Å². The van der Waals surface area contributed by atoms with Crippen LogP contribution in [0.1, 0.15) is 19.8 Å². The number of rotatable bonds is 3. The molecule has 0 bridgehead atoms. The fraction of sp³-hybridized carbons (Fsp3) is 0.222. The molecule has 0 N–H and O–H groups in total. The van der Waals surface area contributed by atoms with E-state index in [2.05, 4.69) is 30.2 Å². The van der Waals surface area contributed by atoms with Crippen LogP contribution in [0.5, 0.6) is 0 Å². The third kappa shape index (κ3) is 1.67. The van der Waals surface area contributed by atoms with Crippen LogP contribution in [0, 0.1) is 0 Å². The van der Waals surface area contributed by atoms with Gasteiger partial charge >= 0.3 is 0 Å². The normalized spacial score (nSPS) is 11.9. The van der Waals surface area contributed by atoms with E-state index < -0.39 is 0 Å². The van der Waals surface area contributed by atoms with Gasteiger partial charge in [0.1, 0.15) is 5.69 Å².